The maximum atomic E-state index is 5.70. The van der Waals surface area contributed by atoms with Gasteiger partial charge in [-0.05, 0) is 107 Å². The second kappa shape index (κ2) is 9.21. The number of allylic oxidation sites excluding steroid dienone is 1. The van der Waals surface area contributed by atoms with Crippen molar-refractivity contribution >= 4 is 22.9 Å². The van der Waals surface area contributed by atoms with Crippen LogP contribution in [0.3, 0.4) is 0 Å². The molecule has 0 radical (unpaired) electrons. The van der Waals surface area contributed by atoms with Gasteiger partial charge in [-0.3, -0.25) is 0 Å². The topological polar surface area (TPSA) is 26.0 Å². The van der Waals surface area contributed by atoms with Crippen LogP contribution in [0.15, 0.2) is 78.9 Å². The lowest BCUT2D eigenvalue weighted by Crippen LogP contribution is -2.03. The fourth-order valence-electron chi connectivity index (χ4n) is 5.14. The van der Waals surface area contributed by atoms with Crippen LogP contribution in [0.25, 0.3) is 45.2 Å². The molecule has 0 aromatic heterocycles. The summed E-state index contributed by atoms with van der Waals surface area (Å²) >= 11 is 0. The van der Waals surface area contributed by atoms with Gasteiger partial charge in [0.2, 0.25) is 0 Å². The SMILES string of the molecule is Cc1ccc(-c2c3c(c(-c4ccccc4C)c4ccccc24)CCC=C3)cc1/C=C\CCN. The molecule has 0 atom stereocenters. The third-order valence-electron chi connectivity index (χ3n) is 6.82. The van der Waals surface area contributed by atoms with Crippen molar-refractivity contribution in [2.75, 3.05) is 6.54 Å². The van der Waals surface area contributed by atoms with Gasteiger partial charge in [0.15, 0.2) is 0 Å². The Hall–Kier alpha value is -3.42. The zero-order valence-electron chi connectivity index (χ0n) is 19.6. The van der Waals surface area contributed by atoms with Gasteiger partial charge in [0.25, 0.3) is 0 Å². The minimum Gasteiger partial charge on any atom is -0.330 e. The first kappa shape index (κ1) is 21.4. The smallest absolute Gasteiger partial charge is 0.00295 e. The zero-order chi connectivity index (χ0) is 22.8. The predicted molar refractivity (Wildman–Crippen MR) is 144 cm³/mol. The molecule has 0 fully saturated rings. The minimum atomic E-state index is 0.679. The van der Waals surface area contributed by atoms with Gasteiger partial charge in [-0.2, -0.15) is 0 Å². The molecular weight excluding hydrogens is 398 g/mol. The standard InChI is InChI=1S/C32H31N/c1-22-18-19-25(21-24(22)12-9-10-20-33)31-27-14-5-7-16-29(27)32(26-13-4-3-11-23(26)2)30-17-8-6-15-28(30)31/h3-7,9,11-16,18-19,21H,8,10,17,20,33H2,1-2H3/b12-9-. The third kappa shape index (κ3) is 3.94. The van der Waals surface area contributed by atoms with Crippen LogP contribution in [-0.4, -0.2) is 6.54 Å². The van der Waals surface area contributed by atoms with Crippen molar-refractivity contribution in [1.29, 1.82) is 0 Å². The molecule has 1 nitrogen and oxygen atoms in total. The van der Waals surface area contributed by atoms with Crippen molar-refractivity contribution < 1.29 is 0 Å². The summed E-state index contributed by atoms with van der Waals surface area (Å²) in [5.74, 6) is 0. The van der Waals surface area contributed by atoms with E-state index in [1.54, 1.807) is 0 Å². The number of benzene rings is 4. The van der Waals surface area contributed by atoms with E-state index in [0.29, 0.717) is 6.54 Å². The third-order valence-corrected chi connectivity index (χ3v) is 6.82. The van der Waals surface area contributed by atoms with Crippen molar-refractivity contribution in [3.63, 3.8) is 0 Å². The van der Waals surface area contributed by atoms with E-state index in [1.165, 1.54) is 60.8 Å². The highest BCUT2D eigenvalue weighted by Crippen LogP contribution is 2.45. The molecule has 0 unspecified atom stereocenters. The van der Waals surface area contributed by atoms with Crippen LogP contribution in [0, 0.1) is 13.8 Å². The molecule has 0 aliphatic heterocycles. The second-order valence-corrected chi connectivity index (χ2v) is 8.99. The van der Waals surface area contributed by atoms with Crippen LogP contribution in [-0.2, 0) is 6.42 Å². The molecule has 164 valence electrons. The summed E-state index contributed by atoms with van der Waals surface area (Å²) in [4.78, 5) is 0. The molecule has 2 N–H and O–H groups in total. The van der Waals surface area contributed by atoms with Crippen molar-refractivity contribution in [2.45, 2.75) is 33.1 Å². The predicted octanol–water partition coefficient (Wildman–Crippen LogP) is 8.11. The Morgan fingerprint density at radius 1 is 0.848 bits per heavy atom. The molecule has 0 spiro atoms. The summed E-state index contributed by atoms with van der Waals surface area (Å²) in [5, 5.41) is 2.67. The quantitative estimate of drug-likeness (QED) is 0.341. The number of fused-ring (bicyclic) bond motifs is 2. The monoisotopic (exact) mass is 429 g/mol. The Balaban J connectivity index is 1.83. The average molecular weight is 430 g/mol. The van der Waals surface area contributed by atoms with E-state index >= 15 is 0 Å². The Labute approximate surface area is 197 Å². The molecule has 4 aromatic rings. The first-order valence-electron chi connectivity index (χ1n) is 12.0. The molecule has 33 heavy (non-hydrogen) atoms. The van der Waals surface area contributed by atoms with Crippen LogP contribution in [0.2, 0.25) is 0 Å². The minimum absolute atomic E-state index is 0.679. The summed E-state index contributed by atoms with van der Waals surface area (Å²) in [6.07, 6.45) is 12.1. The van der Waals surface area contributed by atoms with Crippen LogP contribution in [0.1, 0.15) is 40.7 Å². The second-order valence-electron chi connectivity index (χ2n) is 8.99. The summed E-state index contributed by atoms with van der Waals surface area (Å²) < 4.78 is 0. The van der Waals surface area contributed by atoms with E-state index in [4.69, 9.17) is 5.73 Å². The van der Waals surface area contributed by atoms with Gasteiger partial charge in [0, 0.05) is 0 Å². The summed E-state index contributed by atoms with van der Waals surface area (Å²) in [6.45, 7) is 5.09. The van der Waals surface area contributed by atoms with Gasteiger partial charge in [0.1, 0.15) is 0 Å². The van der Waals surface area contributed by atoms with Gasteiger partial charge >= 0.3 is 0 Å². The first-order valence-corrected chi connectivity index (χ1v) is 12.0. The normalized spacial score (nSPS) is 13.1. The van der Waals surface area contributed by atoms with Gasteiger partial charge in [-0.1, -0.05) is 85.0 Å². The van der Waals surface area contributed by atoms with Crippen LogP contribution >= 0.6 is 0 Å². The molecular formula is C32H31N. The van der Waals surface area contributed by atoms with Crippen molar-refractivity contribution in [2.24, 2.45) is 5.73 Å². The molecule has 0 heterocycles. The van der Waals surface area contributed by atoms with Gasteiger partial charge in [-0.25, -0.2) is 0 Å². The highest BCUT2D eigenvalue weighted by atomic mass is 14.5. The van der Waals surface area contributed by atoms with E-state index in [0.717, 1.165) is 19.3 Å². The summed E-state index contributed by atoms with van der Waals surface area (Å²) in [7, 11) is 0. The van der Waals surface area contributed by atoms with E-state index in [1.807, 2.05) is 0 Å². The number of hydrogen-bond donors (Lipinski definition) is 1. The number of nitrogens with two attached hydrogens (primary N) is 1. The van der Waals surface area contributed by atoms with Crippen molar-refractivity contribution in [3.8, 4) is 22.3 Å². The fourth-order valence-corrected chi connectivity index (χ4v) is 5.14. The number of aryl methyl sites for hydroxylation is 2. The van der Waals surface area contributed by atoms with Gasteiger partial charge in [0.05, 0.1) is 0 Å². The van der Waals surface area contributed by atoms with E-state index in [-0.39, 0.29) is 0 Å². The van der Waals surface area contributed by atoms with Crippen LogP contribution in [0.5, 0.6) is 0 Å². The summed E-state index contributed by atoms with van der Waals surface area (Å²) in [5.41, 5.74) is 17.8. The lowest BCUT2D eigenvalue weighted by Gasteiger charge is -2.24. The molecule has 0 saturated carbocycles. The molecule has 5 rings (SSSR count). The zero-order valence-corrected chi connectivity index (χ0v) is 19.6. The van der Waals surface area contributed by atoms with Crippen molar-refractivity contribution in [1.82, 2.24) is 0 Å². The number of rotatable bonds is 5. The highest BCUT2D eigenvalue weighted by molar-refractivity contribution is 6.10. The fraction of sp³-hybridized carbons (Fsp3) is 0.188. The molecule has 1 aliphatic carbocycles. The van der Waals surface area contributed by atoms with E-state index in [2.05, 4.69) is 105 Å². The van der Waals surface area contributed by atoms with Crippen LogP contribution in [0.4, 0.5) is 0 Å². The first-order chi connectivity index (χ1) is 16.2. The molecule has 4 aromatic carbocycles. The Kier molecular flexibility index (Phi) is 5.98. The molecule has 0 saturated heterocycles. The van der Waals surface area contributed by atoms with E-state index < -0.39 is 0 Å². The maximum absolute atomic E-state index is 5.70. The summed E-state index contributed by atoms with van der Waals surface area (Å²) in [6, 6.07) is 24.6. The van der Waals surface area contributed by atoms with Gasteiger partial charge < -0.3 is 5.73 Å². The number of hydrogen-bond acceptors (Lipinski definition) is 1. The lowest BCUT2D eigenvalue weighted by atomic mass is 9.79. The van der Waals surface area contributed by atoms with E-state index in [9.17, 15) is 0 Å². The molecule has 1 aliphatic rings. The van der Waals surface area contributed by atoms with Crippen molar-refractivity contribution in [3.05, 3.63) is 107 Å². The van der Waals surface area contributed by atoms with Crippen LogP contribution < -0.4 is 5.73 Å². The highest BCUT2D eigenvalue weighted by Gasteiger charge is 2.22. The Morgan fingerprint density at radius 3 is 2.39 bits per heavy atom. The lowest BCUT2D eigenvalue weighted by molar-refractivity contribution is 0.991. The molecule has 1 heteroatoms. The largest absolute Gasteiger partial charge is 0.330 e. The molecule has 0 bridgehead atoms. The average Bonchev–Trinajstić information content (AvgIpc) is 2.84. The Morgan fingerprint density at radius 2 is 1.61 bits per heavy atom. The Bertz CT molecular complexity index is 1390. The maximum Gasteiger partial charge on any atom is -0.00295 e. The molecule has 0 amide bonds. The van der Waals surface area contributed by atoms with Gasteiger partial charge in [-0.15, -0.1) is 0 Å².